The van der Waals surface area contributed by atoms with E-state index in [1.54, 1.807) is 6.92 Å². The average Bonchev–Trinajstić information content (AvgIpc) is 3.61. The summed E-state index contributed by atoms with van der Waals surface area (Å²) in [5, 5.41) is 10.1. The van der Waals surface area contributed by atoms with Gasteiger partial charge in [-0.05, 0) is 52.9 Å². The molecular weight excluding hydrogens is 476 g/mol. The maximum atomic E-state index is 13.1. The first-order chi connectivity index (χ1) is 17.6. The minimum Gasteiger partial charge on any atom is -0.462 e. The van der Waals surface area contributed by atoms with Crippen molar-refractivity contribution in [3.05, 3.63) is 23.3 Å². The van der Waals surface area contributed by atoms with E-state index in [1.807, 2.05) is 6.92 Å². The van der Waals surface area contributed by atoms with Crippen LogP contribution in [0.1, 0.15) is 79.1 Å². The van der Waals surface area contributed by atoms with Gasteiger partial charge in [-0.3, -0.25) is 4.79 Å². The number of ether oxygens (including phenoxy) is 5. The molecular formula is C29H42O8. The molecule has 2 spiro atoms. The molecule has 1 saturated carbocycles. The van der Waals surface area contributed by atoms with Crippen LogP contribution >= 0.6 is 0 Å². The number of aliphatic hydroxyl groups is 1. The minimum atomic E-state index is -0.614. The summed E-state index contributed by atoms with van der Waals surface area (Å²) in [6, 6.07) is 0. The van der Waals surface area contributed by atoms with Crippen molar-refractivity contribution in [2.45, 2.75) is 115 Å². The van der Waals surface area contributed by atoms with Gasteiger partial charge in [-0.1, -0.05) is 30.6 Å². The van der Waals surface area contributed by atoms with Crippen molar-refractivity contribution in [1.29, 1.82) is 0 Å². The smallest absolute Gasteiger partial charge is 0.330 e. The first-order valence-electron chi connectivity index (χ1n) is 13.9. The fourth-order valence-corrected chi connectivity index (χ4v) is 7.32. The monoisotopic (exact) mass is 518 g/mol. The molecule has 37 heavy (non-hydrogen) atoms. The van der Waals surface area contributed by atoms with Gasteiger partial charge in [-0.25, -0.2) is 4.79 Å². The van der Waals surface area contributed by atoms with Gasteiger partial charge < -0.3 is 28.8 Å². The van der Waals surface area contributed by atoms with Gasteiger partial charge in [-0.2, -0.15) is 0 Å². The van der Waals surface area contributed by atoms with Gasteiger partial charge in [-0.15, -0.1) is 0 Å². The fourth-order valence-electron chi connectivity index (χ4n) is 7.32. The van der Waals surface area contributed by atoms with Crippen molar-refractivity contribution in [3.8, 4) is 0 Å². The van der Waals surface area contributed by atoms with Crippen LogP contribution in [0.15, 0.2) is 23.3 Å². The van der Waals surface area contributed by atoms with Crippen molar-refractivity contribution in [3.63, 3.8) is 0 Å². The number of cyclic esters (lactones) is 1. The molecule has 5 aliphatic rings. The number of esters is 2. The molecule has 0 radical (unpaired) electrons. The zero-order valence-corrected chi connectivity index (χ0v) is 22.6. The number of aliphatic hydroxyl groups excluding tert-OH is 1. The molecule has 8 nitrogen and oxygen atoms in total. The Morgan fingerprint density at radius 3 is 2.57 bits per heavy atom. The molecule has 3 heterocycles. The molecule has 2 bridgehead atoms. The highest BCUT2D eigenvalue weighted by Crippen LogP contribution is 2.72. The summed E-state index contributed by atoms with van der Waals surface area (Å²) in [5.41, 5.74) is 0.503. The average molecular weight is 519 g/mol. The molecule has 0 unspecified atom stereocenters. The third-order valence-electron chi connectivity index (χ3n) is 9.81. The predicted molar refractivity (Wildman–Crippen MR) is 135 cm³/mol. The normalized spacial score (nSPS) is 45.3. The zero-order valence-electron chi connectivity index (χ0n) is 22.6. The molecule has 1 N–H and O–H groups in total. The van der Waals surface area contributed by atoms with Crippen molar-refractivity contribution in [2.24, 2.45) is 10.8 Å². The molecule has 2 aliphatic carbocycles. The Bertz CT molecular complexity index is 965. The Morgan fingerprint density at radius 1 is 1.05 bits per heavy atom. The molecule has 206 valence electrons. The summed E-state index contributed by atoms with van der Waals surface area (Å²) in [4.78, 5) is 26.0. The maximum Gasteiger partial charge on any atom is 0.330 e. The Morgan fingerprint density at radius 2 is 1.84 bits per heavy atom. The van der Waals surface area contributed by atoms with Crippen LogP contribution < -0.4 is 0 Å². The molecule has 0 amide bonds. The number of allylic oxidation sites excluding steroid dienone is 1. The topological polar surface area (TPSA) is 104 Å². The highest BCUT2D eigenvalue weighted by molar-refractivity contribution is 5.82. The lowest BCUT2D eigenvalue weighted by Gasteiger charge is -2.58. The van der Waals surface area contributed by atoms with Gasteiger partial charge in [0.15, 0.2) is 0 Å². The molecule has 3 aliphatic heterocycles. The number of hydrogen-bond donors (Lipinski definition) is 1. The van der Waals surface area contributed by atoms with E-state index >= 15 is 0 Å². The molecule has 5 rings (SSSR count). The SMILES string of the molecule is CC1=C[C@H]2O[C@@H]3C[C@H]4OC(=O)CCCC[C@H]([C@@H](C)O)OCC/C(C)=C/C(=O)OC[C@@]2(CC1)[C@]4(C)[C@]31CO1. The highest BCUT2D eigenvalue weighted by Gasteiger charge is 2.83. The van der Waals surface area contributed by atoms with Crippen molar-refractivity contribution >= 4 is 11.9 Å². The van der Waals surface area contributed by atoms with Gasteiger partial charge in [0.25, 0.3) is 0 Å². The number of rotatable bonds is 1. The lowest BCUT2D eigenvalue weighted by Crippen LogP contribution is -2.66. The number of epoxide rings is 1. The van der Waals surface area contributed by atoms with Gasteiger partial charge in [0.2, 0.25) is 0 Å². The predicted octanol–water partition coefficient (Wildman–Crippen LogP) is 3.79. The minimum absolute atomic E-state index is 0.161. The summed E-state index contributed by atoms with van der Waals surface area (Å²) in [7, 11) is 0. The van der Waals surface area contributed by atoms with E-state index in [9.17, 15) is 14.7 Å². The zero-order chi connectivity index (χ0) is 26.4. The molecule has 0 aromatic rings. The standard InChI is InChI=1S/C29H42O8/c1-18-9-11-28-16-34-26(32)14-19(2)10-12-33-21(20(3)30)7-5-6-8-25(31)37-22-15-24(36-23(28)13-18)29(17-35-29)27(22,28)4/h13-14,20-24,30H,5-12,15-17H2,1-4H3/b19-14+/t20-,21-,22-,23-,24-,27-,28-,29+/m1/s1. The van der Waals surface area contributed by atoms with E-state index in [-0.39, 0.29) is 37.0 Å². The second kappa shape index (κ2) is 10.1. The van der Waals surface area contributed by atoms with Gasteiger partial charge in [0.1, 0.15) is 18.3 Å². The second-order valence-corrected chi connectivity index (χ2v) is 12.1. The Balaban J connectivity index is 1.46. The van der Waals surface area contributed by atoms with Crippen molar-refractivity contribution in [2.75, 3.05) is 19.8 Å². The number of carbonyl (C=O) groups is 2. The number of carbonyl (C=O) groups excluding carboxylic acids is 2. The quantitative estimate of drug-likeness (QED) is 0.318. The van der Waals surface area contributed by atoms with E-state index in [1.165, 1.54) is 11.6 Å². The highest BCUT2D eigenvalue weighted by atomic mass is 16.6. The van der Waals surface area contributed by atoms with Crippen LogP contribution in [0.3, 0.4) is 0 Å². The second-order valence-electron chi connectivity index (χ2n) is 12.1. The number of hydrogen-bond acceptors (Lipinski definition) is 8. The Labute approximate surface area is 219 Å². The fraction of sp³-hybridized carbons (Fsp3) is 0.793. The summed E-state index contributed by atoms with van der Waals surface area (Å²) in [5.74, 6) is -0.622. The largest absolute Gasteiger partial charge is 0.462 e. The summed E-state index contributed by atoms with van der Waals surface area (Å²) in [6.07, 6.45) is 7.18. The molecule has 8 heteroatoms. The lowest BCUT2D eigenvalue weighted by atomic mass is 9.51. The van der Waals surface area contributed by atoms with E-state index in [0.29, 0.717) is 45.3 Å². The van der Waals surface area contributed by atoms with Crippen molar-refractivity contribution in [1.82, 2.24) is 0 Å². The van der Waals surface area contributed by atoms with E-state index in [0.717, 1.165) is 24.8 Å². The first kappa shape index (κ1) is 26.9. The van der Waals surface area contributed by atoms with Crippen LogP contribution in [0.25, 0.3) is 0 Å². The molecule has 8 atom stereocenters. The molecule has 0 aromatic carbocycles. The molecule has 2 saturated heterocycles. The summed E-state index contributed by atoms with van der Waals surface area (Å²) >= 11 is 0. The maximum absolute atomic E-state index is 13.1. The van der Waals surface area contributed by atoms with Crippen LogP contribution in [0, 0.1) is 10.8 Å². The van der Waals surface area contributed by atoms with Crippen LogP contribution in [0.5, 0.6) is 0 Å². The van der Waals surface area contributed by atoms with Gasteiger partial charge in [0.05, 0.1) is 43.0 Å². The molecule has 3 fully saturated rings. The summed E-state index contributed by atoms with van der Waals surface area (Å²) in [6.45, 7) is 9.02. The van der Waals surface area contributed by atoms with Gasteiger partial charge in [0, 0.05) is 24.3 Å². The van der Waals surface area contributed by atoms with Crippen LogP contribution in [-0.2, 0) is 33.3 Å². The van der Waals surface area contributed by atoms with Crippen LogP contribution in [-0.4, -0.2) is 73.0 Å². The van der Waals surface area contributed by atoms with E-state index < -0.39 is 28.5 Å². The van der Waals surface area contributed by atoms with Gasteiger partial charge >= 0.3 is 11.9 Å². The van der Waals surface area contributed by atoms with Crippen molar-refractivity contribution < 1.29 is 38.4 Å². The third-order valence-corrected chi connectivity index (χ3v) is 9.81. The summed E-state index contributed by atoms with van der Waals surface area (Å²) < 4.78 is 30.9. The third kappa shape index (κ3) is 4.58. The Kier molecular flexibility index (Phi) is 7.33. The van der Waals surface area contributed by atoms with E-state index in [4.69, 9.17) is 23.7 Å². The van der Waals surface area contributed by atoms with E-state index in [2.05, 4.69) is 19.9 Å². The Hall–Kier alpha value is -1.74. The lowest BCUT2D eigenvalue weighted by molar-refractivity contribution is -0.232. The van der Waals surface area contributed by atoms with Crippen LogP contribution in [0.4, 0.5) is 0 Å². The molecule has 0 aromatic heterocycles. The van der Waals surface area contributed by atoms with Crippen LogP contribution in [0.2, 0.25) is 0 Å². The first-order valence-corrected chi connectivity index (χ1v) is 13.9.